The van der Waals surface area contributed by atoms with Crippen LogP contribution in [0, 0.1) is 0 Å². The zero-order chi connectivity index (χ0) is 18.7. The number of aromatic nitrogens is 1. The molecule has 0 saturated carbocycles. The smallest absolute Gasteiger partial charge is 0.242 e. The minimum absolute atomic E-state index is 0.210. The van der Waals surface area contributed by atoms with Gasteiger partial charge in [0.05, 0.1) is 21.6 Å². The fourth-order valence-electron chi connectivity index (χ4n) is 3.40. The summed E-state index contributed by atoms with van der Waals surface area (Å²) >= 11 is 6.16. The number of nitrogens with one attached hydrogen (secondary N) is 1. The molecule has 1 aliphatic rings. The number of pyridine rings is 1. The first kappa shape index (κ1) is 19.5. The summed E-state index contributed by atoms with van der Waals surface area (Å²) in [5.74, 6) is 0. The van der Waals surface area contributed by atoms with Gasteiger partial charge in [-0.15, -0.1) is 0 Å². The van der Waals surface area contributed by atoms with Crippen LogP contribution in [0.5, 0.6) is 0 Å². The molecule has 26 heavy (non-hydrogen) atoms. The van der Waals surface area contributed by atoms with Crippen molar-refractivity contribution in [1.82, 2.24) is 19.5 Å². The van der Waals surface area contributed by atoms with Crippen molar-refractivity contribution in [1.29, 1.82) is 0 Å². The van der Waals surface area contributed by atoms with E-state index in [-0.39, 0.29) is 11.1 Å². The summed E-state index contributed by atoms with van der Waals surface area (Å²) in [6.07, 6.45) is 2.47. The molecule has 1 aromatic carbocycles. The van der Waals surface area contributed by atoms with Crippen molar-refractivity contribution < 1.29 is 8.42 Å². The third-order valence-corrected chi connectivity index (χ3v) is 6.68. The number of hydrogen-bond acceptors (Lipinski definition) is 5. The van der Waals surface area contributed by atoms with E-state index in [1.165, 1.54) is 0 Å². The highest BCUT2D eigenvalue weighted by Gasteiger charge is 2.26. The molecule has 1 N–H and O–H groups in total. The van der Waals surface area contributed by atoms with Gasteiger partial charge in [0.25, 0.3) is 0 Å². The zero-order valence-electron chi connectivity index (χ0n) is 15.2. The van der Waals surface area contributed by atoms with E-state index in [4.69, 9.17) is 11.6 Å². The van der Waals surface area contributed by atoms with Gasteiger partial charge in [0.15, 0.2) is 0 Å². The van der Waals surface area contributed by atoms with Crippen molar-refractivity contribution in [3.8, 4) is 0 Å². The number of benzene rings is 1. The Morgan fingerprint density at radius 1 is 1.23 bits per heavy atom. The molecule has 142 valence electrons. The fraction of sp³-hybridized carbons (Fsp3) is 0.500. The van der Waals surface area contributed by atoms with Crippen molar-refractivity contribution in [2.75, 3.05) is 32.7 Å². The van der Waals surface area contributed by atoms with Crippen molar-refractivity contribution >= 4 is 32.5 Å². The van der Waals surface area contributed by atoms with Gasteiger partial charge in [-0.1, -0.05) is 18.5 Å². The zero-order valence-corrected chi connectivity index (χ0v) is 16.7. The number of halogens is 1. The number of hydrogen-bond donors (Lipinski definition) is 1. The predicted molar refractivity (Wildman–Crippen MR) is 105 cm³/mol. The van der Waals surface area contributed by atoms with E-state index >= 15 is 0 Å². The molecule has 8 heteroatoms. The highest BCUT2D eigenvalue weighted by molar-refractivity contribution is 7.89. The largest absolute Gasteiger partial charge is 0.301 e. The van der Waals surface area contributed by atoms with Crippen LogP contribution in [0.25, 0.3) is 10.9 Å². The average Bonchev–Trinajstić information content (AvgIpc) is 2.62. The molecule has 0 amide bonds. The van der Waals surface area contributed by atoms with Crippen LogP contribution >= 0.6 is 11.6 Å². The second kappa shape index (κ2) is 8.19. The highest BCUT2D eigenvalue weighted by atomic mass is 35.5. The van der Waals surface area contributed by atoms with Crippen LogP contribution < -0.4 is 4.72 Å². The van der Waals surface area contributed by atoms with Crippen molar-refractivity contribution in [2.24, 2.45) is 0 Å². The minimum atomic E-state index is -3.68. The summed E-state index contributed by atoms with van der Waals surface area (Å²) < 4.78 is 28.7. The third-order valence-electron chi connectivity index (χ3n) is 4.79. The van der Waals surface area contributed by atoms with Crippen LogP contribution in [0.2, 0.25) is 5.02 Å². The van der Waals surface area contributed by atoms with Crippen molar-refractivity contribution in [3.63, 3.8) is 0 Å². The first-order chi connectivity index (χ1) is 12.4. The van der Waals surface area contributed by atoms with E-state index in [1.54, 1.807) is 30.5 Å². The van der Waals surface area contributed by atoms with Gasteiger partial charge in [0, 0.05) is 37.8 Å². The first-order valence-corrected chi connectivity index (χ1v) is 10.8. The van der Waals surface area contributed by atoms with Crippen molar-refractivity contribution in [3.05, 3.63) is 35.5 Å². The Kier molecular flexibility index (Phi) is 6.14. The van der Waals surface area contributed by atoms with E-state index in [0.29, 0.717) is 15.9 Å². The van der Waals surface area contributed by atoms with Crippen molar-refractivity contribution in [2.45, 2.75) is 31.3 Å². The van der Waals surface area contributed by atoms with E-state index < -0.39 is 10.0 Å². The SMILES string of the molecule is CCCN1CCN(C(C)NS(=O)(=O)c2ccc(Cl)c3ncccc23)CC1. The van der Waals surface area contributed by atoms with E-state index in [9.17, 15) is 8.42 Å². The maximum absolute atomic E-state index is 13.0. The quantitative estimate of drug-likeness (QED) is 0.812. The molecular weight excluding hydrogens is 372 g/mol. The summed E-state index contributed by atoms with van der Waals surface area (Å²) in [5.41, 5.74) is 0.498. The Morgan fingerprint density at radius 2 is 1.96 bits per heavy atom. The van der Waals surface area contributed by atoms with Crippen LogP contribution in [-0.2, 0) is 10.0 Å². The molecule has 3 rings (SSSR count). The second-order valence-corrected chi connectivity index (χ2v) is 8.71. The molecule has 1 atom stereocenters. The van der Waals surface area contributed by atoms with Gasteiger partial charge < -0.3 is 4.90 Å². The lowest BCUT2D eigenvalue weighted by Gasteiger charge is -2.38. The Hall–Kier alpha value is -1.25. The Balaban J connectivity index is 1.77. The monoisotopic (exact) mass is 396 g/mol. The molecule has 1 aromatic heterocycles. The van der Waals surface area contributed by atoms with Gasteiger partial charge in [0.2, 0.25) is 10.0 Å². The maximum atomic E-state index is 13.0. The number of rotatable bonds is 6. The number of nitrogens with zero attached hydrogens (tertiary/aromatic N) is 3. The lowest BCUT2D eigenvalue weighted by Crippen LogP contribution is -2.54. The van der Waals surface area contributed by atoms with Crippen LogP contribution in [-0.4, -0.2) is 62.1 Å². The predicted octanol–water partition coefficient (Wildman–Crippen LogP) is 2.54. The normalized spacial score (nSPS) is 18.3. The van der Waals surface area contributed by atoms with Crippen LogP contribution in [0.15, 0.2) is 35.4 Å². The van der Waals surface area contributed by atoms with E-state index in [0.717, 1.165) is 39.1 Å². The van der Waals surface area contributed by atoms with Crippen LogP contribution in [0.3, 0.4) is 0 Å². The minimum Gasteiger partial charge on any atom is -0.301 e. The third kappa shape index (κ3) is 4.18. The molecule has 1 aliphatic heterocycles. The summed E-state index contributed by atoms with van der Waals surface area (Å²) in [7, 11) is -3.68. The molecule has 0 aliphatic carbocycles. The number of fused-ring (bicyclic) bond motifs is 1. The summed E-state index contributed by atoms with van der Waals surface area (Å²) in [6, 6.07) is 6.57. The Bertz CT molecular complexity index is 867. The summed E-state index contributed by atoms with van der Waals surface area (Å²) in [6.45, 7) is 8.80. The lowest BCUT2D eigenvalue weighted by atomic mass is 10.2. The second-order valence-electron chi connectivity index (χ2n) is 6.62. The highest BCUT2D eigenvalue weighted by Crippen LogP contribution is 2.27. The van der Waals surface area contributed by atoms with E-state index in [1.807, 2.05) is 6.92 Å². The molecule has 0 spiro atoms. The number of sulfonamides is 1. The molecule has 1 unspecified atom stereocenters. The Labute approximate surface area is 160 Å². The lowest BCUT2D eigenvalue weighted by molar-refractivity contribution is 0.0982. The van der Waals surface area contributed by atoms with Gasteiger partial charge in [-0.3, -0.25) is 9.88 Å². The standard InChI is InChI=1S/C18H25ClN4O2S/c1-3-9-22-10-12-23(13-11-22)14(2)21-26(24,25)17-7-6-16(19)18-15(17)5-4-8-20-18/h4-8,14,21H,3,9-13H2,1-2H3. The molecule has 2 aromatic rings. The average molecular weight is 397 g/mol. The number of piperazine rings is 1. The van der Waals surface area contributed by atoms with Crippen LogP contribution in [0.4, 0.5) is 0 Å². The molecule has 1 fully saturated rings. The molecule has 0 bridgehead atoms. The maximum Gasteiger partial charge on any atom is 0.242 e. The summed E-state index contributed by atoms with van der Waals surface area (Å²) in [5, 5.41) is 0.979. The van der Waals surface area contributed by atoms with Gasteiger partial charge >= 0.3 is 0 Å². The molecule has 0 radical (unpaired) electrons. The van der Waals surface area contributed by atoms with Gasteiger partial charge in [-0.2, -0.15) is 4.72 Å². The topological polar surface area (TPSA) is 65.5 Å². The van der Waals surface area contributed by atoms with Gasteiger partial charge in [-0.05, 0) is 44.2 Å². The first-order valence-electron chi connectivity index (χ1n) is 8.94. The molecule has 2 heterocycles. The van der Waals surface area contributed by atoms with Gasteiger partial charge in [-0.25, -0.2) is 8.42 Å². The molecular formula is C18H25ClN4O2S. The Morgan fingerprint density at radius 3 is 2.65 bits per heavy atom. The van der Waals surface area contributed by atoms with E-state index in [2.05, 4.69) is 26.4 Å². The summed E-state index contributed by atoms with van der Waals surface area (Å²) in [4.78, 5) is 9.00. The van der Waals surface area contributed by atoms with Gasteiger partial charge in [0.1, 0.15) is 0 Å². The molecule has 1 saturated heterocycles. The van der Waals surface area contributed by atoms with Crippen LogP contribution in [0.1, 0.15) is 20.3 Å². The molecule has 6 nitrogen and oxygen atoms in total. The fourth-order valence-corrected chi connectivity index (χ4v) is 5.04.